The Bertz CT molecular complexity index is 702. The monoisotopic (exact) mass is 327 g/mol. The van der Waals surface area contributed by atoms with E-state index in [0.29, 0.717) is 12.0 Å². The molecule has 1 amide bonds. The van der Waals surface area contributed by atoms with E-state index >= 15 is 0 Å². The summed E-state index contributed by atoms with van der Waals surface area (Å²) in [4.78, 5) is 21.1. The first kappa shape index (κ1) is 16.6. The second-order valence-corrected chi connectivity index (χ2v) is 6.29. The summed E-state index contributed by atoms with van der Waals surface area (Å²) >= 11 is 0. The maximum atomic E-state index is 13.2. The summed E-state index contributed by atoms with van der Waals surface area (Å²) in [6.45, 7) is 3.46. The van der Waals surface area contributed by atoms with Crippen molar-refractivity contribution >= 4 is 5.91 Å². The largest absolute Gasteiger partial charge is 0.337 e. The van der Waals surface area contributed by atoms with Gasteiger partial charge in [-0.25, -0.2) is 4.39 Å². The van der Waals surface area contributed by atoms with Crippen molar-refractivity contribution in [1.82, 2.24) is 14.8 Å². The maximum Gasteiger partial charge on any atom is 0.255 e. The number of carbonyl (C=O) groups excluding carboxylic acids is 1. The van der Waals surface area contributed by atoms with Crippen LogP contribution in [0.25, 0.3) is 0 Å². The molecule has 4 nitrogen and oxygen atoms in total. The summed E-state index contributed by atoms with van der Waals surface area (Å²) in [7, 11) is 2.08. The van der Waals surface area contributed by atoms with Gasteiger partial charge in [-0.3, -0.25) is 9.78 Å². The van der Waals surface area contributed by atoms with Gasteiger partial charge in [0, 0.05) is 37.9 Å². The van der Waals surface area contributed by atoms with Gasteiger partial charge >= 0.3 is 0 Å². The topological polar surface area (TPSA) is 36.4 Å². The highest BCUT2D eigenvalue weighted by molar-refractivity contribution is 5.93. The summed E-state index contributed by atoms with van der Waals surface area (Å²) in [6, 6.07) is 10.2. The van der Waals surface area contributed by atoms with Crippen molar-refractivity contribution in [3.8, 4) is 0 Å². The molecule has 0 bridgehead atoms. The zero-order valence-corrected chi connectivity index (χ0v) is 13.9. The van der Waals surface area contributed by atoms with E-state index in [1.165, 1.54) is 12.1 Å². The Hall–Kier alpha value is -2.27. The molecule has 1 aromatic heterocycles. The van der Waals surface area contributed by atoms with E-state index in [1.807, 2.05) is 23.1 Å². The van der Waals surface area contributed by atoms with Crippen LogP contribution >= 0.6 is 0 Å². The summed E-state index contributed by atoms with van der Waals surface area (Å²) in [6.07, 6.45) is 3.18. The minimum Gasteiger partial charge on any atom is -0.337 e. The van der Waals surface area contributed by atoms with E-state index in [9.17, 15) is 9.18 Å². The summed E-state index contributed by atoms with van der Waals surface area (Å²) < 4.78 is 13.2. The molecule has 1 aliphatic rings. The van der Waals surface area contributed by atoms with E-state index in [-0.39, 0.29) is 11.7 Å². The lowest BCUT2D eigenvalue weighted by atomic mass is 10.1. The second-order valence-electron chi connectivity index (χ2n) is 6.29. The van der Waals surface area contributed by atoms with E-state index in [1.54, 1.807) is 12.3 Å². The molecule has 1 aromatic carbocycles. The van der Waals surface area contributed by atoms with E-state index < -0.39 is 0 Å². The third-order valence-electron chi connectivity index (χ3n) is 4.35. The van der Waals surface area contributed by atoms with Crippen molar-refractivity contribution in [2.75, 3.05) is 33.2 Å². The Morgan fingerprint density at radius 1 is 1.17 bits per heavy atom. The number of amides is 1. The average molecular weight is 327 g/mol. The number of aromatic nitrogens is 1. The first-order valence-electron chi connectivity index (χ1n) is 8.29. The van der Waals surface area contributed by atoms with Gasteiger partial charge in [-0.05, 0) is 49.8 Å². The van der Waals surface area contributed by atoms with Crippen LogP contribution in [0.3, 0.4) is 0 Å². The lowest BCUT2D eigenvalue weighted by molar-refractivity contribution is 0.0762. The molecule has 1 saturated heterocycles. The molecule has 2 heterocycles. The standard InChI is InChI=1S/C19H22FN3O/c1-22-8-3-9-23(11-10-22)19(24)16-6-7-18(21-14-16)13-15-4-2-5-17(20)12-15/h2,4-7,12,14H,3,8-11,13H2,1H3. The molecule has 0 radical (unpaired) electrons. The van der Waals surface area contributed by atoms with Gasteiger partial charge in [0.15, 0.2) is 0 Å². The van der Waals surface area contributed by atoms with Crippen molar-refractivity contribution in [3.63, 3.8) is 0 Å². The molecule has 1 fully saturated rings. The van der Waals surface area contributed by atoms with Crippen LogP contribution in [0.2, 0.25) is 0 Å². The SMILES string of the molecule is CN1CCCN(C(=O)c2ccc(Cc3cccc(F)c3)nc2)CC1. The van der Waals surface area contributed by atoms with Crippen LogP contribution in [-0.2, 0) is 6.42 Å². The number of hydrogen-bond acceptors (Lipinski definition) is 3. The number of likely N-dealkylation sites (N-methyl/N-ethyl adjacent to an activating group) is 1. The fraction of sp³-hybridized carbons (Fsp3) is 0.368. The highest BCUT2D eigenvalue weighted by atomic mass is 19.1. The maximum absolute atomic E-state index is 13.2. The summed E-state index contributed by atoms with van der Waals surface area (Å²) in [5.41, 5.74) is 2.31. The quantitative estimate of drug-likeness (QED) is 0.869. The molecular formula is C19H22FN3O. The average Bonchev–Trinajstić information content (AvgIpc) is 2.80. The van der Waals surface area contributed by atoms with Gasteiger partial charge in [0.25, 0.3) is 5.91 Å². The minimum absolute atomic E-state index is 0.0371. The highest BCUT2D eigenvalue weighted by Crippen LogP contribution is 2.12. The van der Waals surface area contributed by atoms with Gasteiger partial charge in [0.05, 0.1) is 5.56 Å². The number of benzene rings is 1. The Kier molecular flexibility index (Phi) is 5.20. The van der Waals surface area contributed by atoms with Crippen LogP contribution < -0.4 is 0 Å². The zero-order valence-electron chi connectivity index (χ0n) is 13.9. The van der Waals surface area contributed by atoms with Crippen LogP contribution in [0.5, 0.6) is 0 Å². The second kappa shape index (κ2) is 7.53. The Morgan fingerprint density at radius 3 is 2.79 bits per heavy atom. The predicted octanol–water partition coefficient (Wildman–Crippen LogP) is 2.59. The first-order valence-corrected chi connectivity index (χ1v) is 8.29. The lowest BCUT2D eigenvalue weighted by Crippen LogP contribution is -2.34. The molecule has 0 saturated carbocycles. The first-order chi connectivity index (χ1) is 11.6. The molecule has 0 aliphatic carbocycles. The molecule has 0 atom stereocenters. The minimum atomic E-state index is -0.245. The number of hydrogen-bond donors (Lipinski definition) is 0. The zero-order chi connectivity index (χ0) is 16.9. The number of pyridine rings is 1. The molecule has 0 N–H and O–H groups in total. The Morgan fingerprint density at radius 2 is 2.04 bits per heavy atom. The fourth-order valence-corrected chi connectivity index (χ4v) is 2.94. The number of halogens is 1. The molecule has 126 valence electrons. The highest BCUT2D eigenvalue weighted by Gasteiger charge is 2.19. The van der Waals surface area contributed by atoms with Crippen molar-refractivity contribution in [3.05, 3.63) is 65.2 Å². The number of nitrogens with zero attached hydrogens (tertiary/aromatic N) is 3. The van der Waals surface area contributed by atoms with Gasteiger partial charge in [0.2, 0.25) is 0 Å². The van der Waals surface area contributed by atoms with E-state index in [2.05, 4.69) is 16.9 Å². The smallest absolute Gasteiger partial charge is 0.255 e. The summed E-state index contributed by atoms with van der Waals surface area (Å²) in [5, 5.41) is 0. The Balaban J connectivity index is 1.66. The Labute approximate surface area is 141 Å². The normalized spacial score (nSPS) is 16.0. The number of carbonyl (C=O) groups is 1. The van der Waals surface area contributed by atoms with Gasteiger partial charge < -0.3 is 9.80 Å². The van der Waals surface area contributed by atoms with Gasteiger partial charge in [-0.1, -0.05) is 12.1 Å². The van der Waals surface area contributed by atoms with Crippen molar-refractivity contribution in [2.45, 2.75) is 12.8 Å². The predicted molar refractivity (Wildman–Crippen MR) is 91.5 cm³/mol. The molecule has 3 rings (SSSR count). The third kappa shape index (κ3) is 4.17. The third-order valence-corrected chi connectivity index (χ3v) is 4.35. The van der Waals surface area contributed by atoms with Crippen LogP contribution in [0, 0.1) is 5.82 Å². The van der Waals surface area contributed by atoms with E-state index in [0.717, 1.165) is 43.9 Å². The molecule has 5 heteroatoms. The lowest BCUT2D eigenvalue weighted by Gasteiger charge is -2.20. The molecule has 24 heavy (non-hydrogen) atoms. The van der Waals surface area contributed by atoms with Crippen molar-refractivity contribution in [2.24, 2.45) is 0 Å². The van der Waals surface area contributed by atoms with Crippen LogP contribution in [-0.4, -0.2) is 53.9 Å². The fourth-order valence-electron chi connectivity index (χ4n) is 2.94. The van der Waals surface area contributed by atoms with Crippen molar-refractivity contribution in [1.29, 1.82) is 0 Å². The van der Waals surface area contributed by atoms with Gasteiger partial charge in [0.1, 0.15) is 5.82 Å². The van der Waals surface area contributed by atoms with Crippen LogP contribution in [0.1, 0.15) is 28.0 Å². The summed E-state index contributed by atoms with van der Waals surface area (Å²) in [5.74, 6) is -0.208. The van der Waals surface area contributed by atoms with Crippen LogP contribution in [0.15, 0.2) is 42.6 Å². The molecule has 0 unspecified atom stereocenters. The molecular weight excluding hydrogens is 305 g/mol. The van der Waals surface area contributed by atoms with Gasteiger partial charge in [-0.15, -0.1) is 0 Å². The van der Waals surface area contributed by atoms with Crippen LogP contribution in [0.4, 0.5) is 4.39 Å². The van der Waals surface area contributed by atoms with E-state index in [4.69, 9.17) is 0 Å². The number of rotatable bonds is 3. The molecule has 1 aliphatic heterocycles. The van der Waals surface area contributed by atoms with Crippen molar-refractivity contribution < 1.29 is 9.18 Å². The van der Waals surface area contributed by atoms with Gasteiger partial charge in [-0.2, -0.15) is 0 Å². The molecule has 2 aromatic rings. The molecule has 0 spiro atoms.